The Bertz CT molecular complexity index is 1900. The van der Waals surface area contributed by atoms with Gasteiger partial charge in [-0.05, 0) is 71.0 Å². The van der Waals surface area contributed by atoms with E-state index in [0.717, 1.165) is 55.6 Å². The van der Waals surface area contributed by atoms with Crippen LogP contribution in [0.4, 0.5) is 5.69 Å². The number of anilines is 1. The summed E-state index contributed by atoms with van der Waals surface area (Å²) in [4.78, 5) is 52.0. The Hall–Kier alpha value is -5.01. The lowest BCUT2D eigenvalue weighted by atomic mass is 9.96. The van der Waals surface area contributed by atoms with Crippen molar-refractivity contribution in [1.82, 2.24) is 25.0 Å². The van der Waals surface area contributed by atoms with Crippen molar-refractivity contribution >= 4 is 34.3 Å². The van der Waals surface area contributed by atoms with Crippen molar-refractivity contribution in [2.24, 2.45) is 0 Å². The van der Waals surface area contributed by atoms with Crippen molar-refractivity contribution < 1.29 is 28.6 Å². The van der Waals surface area contributed by atoms with E-state index in [1.807, 2.05) is 62.0 Å². The number of amides is 3. The van der Waals surface area contributed by atoms with Gasteiger partial charge in [0.2, 0.25) is 5.91 Å². The number of piperidine rings is 1. The normalized spacial score (nSPS) is 18.4. The van der Waals surface area contributed by atoms with Crippen molar-refractivity contribution in [2.45, 2.75) is 103 Å². The first-order chi connectivity index (χ1) is 26.5. The second kappa shape index (κ2) is 20.6. The van der Waals surface area contributed by atoms with Gasteiger partial charge < -0.3 is 29.4 Å². The smallest absolute Gasteiger partial charge is 0.271 e. The summed E-state index contributed by atoms with van der Waals surface area (Å²) in [6.45, 7) is 9.82. The minimum atomic E-state index is -0.555. The molecule has 2 aliphatic carbocycles. The Morgan fingerprint density at radius 2 is 1.64 bits per heavy atom. The molecule has 0 bridgehead atoms. The van der Waals surface area contributed by atoms with Crippen LogP contribution in [0.15, 0.2) is 65.7 Å². The number of pyridine rings is 1. The molecule has 4 fully saturated rings. The first kappa shape index (κ1) is 41.2. The molecule has 2 aromatic heterocycles. The van der Waals surface area contributed by atoms with Gasteiger partial charge in [-0.1, -0.05) is 56.2 Å². The molecule has 2 saturated carbocycles. The quantitative estimate of drug-likeness (QED) is 0.178. The largest absolute Gasteiger partial charge is 0.490 e. The molecule has 296 valence electrons. The standard InChI is InChI=1S/C22H26N4O3.C12H13NO3.C5H11NO.C3H6/c1-14(2)29-20-12-19-15(13-26(25-19)16-7-4-3-5-8-16)11-17(20)21(27)24-18-9-6-10-23-22(18)28;1-8-2-4-9(5-3-8)16-10-6-7-11(14)13-12(10)15;1-6-2-4-7-5-3-6;1-2-3-1/h6,9-14,16H,3-5,7-8H2,1-2H3,(H,23,28)(H,24,27);2-5,10H,6-7H2,1H3,(H,13,14,15);2-5H2,1H3;1-3H2. The van der Waals surface area contributed by atoms with Crippen LogP contribution in [0, 0.1) is 6.92 Å². The molecule has 3 amide bonds. The van der Waals surface area contributed by atoms with Gasteiger partial charge in [-0.15, -0.1) is 0 Å². The van der Waals surface area contributed by atoms with Crippen LogP contribution in [-0.2, 0) is 14.3 Å². The Balaban J connectivity index is 0.000000184. The Kier molecular flexibility index (Phi) is 15.4. The van der Waals surface area contributed by atoms with Gasteiger partial charge in [0.25, 0.3) is 17.4 Å². The number of rotatable bonds is 7. The van der Waals surface area contributed by atoms with E-state index in [2.05, 4.69) is 27.6 Å². The maximum absolute atomic E-state index is 12.9. The van der Waals surface area contributed by atoms with E-state index in [0.29, 0.717) is 35.9 Å². The number of morpholine rings is 1. The minimum Gasteiger partial charge on any atom is -0.490 e. The molecule has 4 aromatic rings. The number of likely N-dealkylation sites (N-methyl/N-ethyl adjacent to an activating group) is 1. The number of aryl methyl sites for hydroxylation is 1. The summed E-state index contributed by atoms with van der Waals surface area (Å²) in [5, 5.41) is 10.6. The molecule has 0 spiro atoms. The lowest BCUT2D eigenvalue weighted by Crippen LogP contribution is -2.46. The van der Waals surface area contributed by atoms with Gasteiger partial charge in [0, 0.05) is 49.8 Å². The van der Waals surface area contributed by atoms with Gasteiger partial charge in [0.15, 0.2) is 6.10 Å². The van der Waals surface area contributed by atoms with Crippen LogP contribution in [0.5, 0.6) is 11.5 Å². The summed E-state index contributed by atoms with van der Waals surface area (Å²) >= 11 is 0. The van der Waals surface area contributed by atoms with Gasteiger partial charge in [0.1, 0.15) is 17.2 Å². The molecule has 1 unspecified atom stereocenters. The number of aromatic amines is 1. The number of benzene rings is 2. The van der Waals surface area contributed by atoms with Crippen LogP contribution in [0.2, 0.25) is 0 Å². The molecule has 2 aliphatic heterocycles. The number of nitrogens with zero attached hydrogens (tertiary/aromatic N) is 3. The Morgan fingerprint density at radius 3 is 2.24 bits per heavy atom. The fourth-order valence-corrected chi connectivity index (χ4v) is 6.06. The van der Waals surface area contributed by atoms with E-state index in [1.54, 1.807) is 18.2 Å². The Morgan fingerprint density at radius 1 is 0.945 bits per heavy atom. The fraction of sp³-hybridized carbons (Fsp3) is 0.500. The third-order valence-corrected chi connectivity index (χ3v) is 9.32. The summed E-state index contributed by atoms with van der Waals surface area (Å²) in [5.74, 6) is 0.154. The third-order valence-electron chi connectivity index (χ3n) is 9.32. The summed E-state index contributed by atoms with van der Waals surface area (Å²) < 4.78 is 18.5. The van der Waals surface area contributed by atoms with Crippen molar-refractivity contribution in [3.63, 3.8) is 0 Å². The van der Waals surface area contributed by atoms with E-state index in [4.69, 9.17) is 19.3 Å². The zero-order valence-corrected chi connectivity index (χ0v) is 32.6. The summed E-state index contributed by atoms with van der Waals surface area (Å²) in [5.41, 5.74) is 2.18. The van der Waals surface area contributed by atoms with E-state index < -0.39 is 6.10 Å². The number of ether oxygens (including phenoxy) is 3. The maximum atomic E-state index is 12.9. The molecule has 13 heteroatoms. The zero-order valence-electron chi connectivity index (χ0n) is 32.6. The second-order valence-corrected chi connectivity index (χ2v) is 14.7. The second-order valence-electron chi connectivity index (χ2n) is 14.7. The van der Waals surface area contributed by atoms with Gasteiger partial charge in [-0.3, -0.25) is 29.2 Å². The summed E-state index contributed by atoms with van der Waals surface area (Å²) in [6, 6.07) is 14.7. The predicted molar refractivity (Wildman–Crippen MR) is 213 cm³/mol. The highest BCUT2D eigenvalue weighted by atomic mass is 16.5. The van der Waals surface area contributed by atoms with Gasteiger partial charge in [-0.2, -0.15) is 5.10 Å². The highest BCUT2D eigenvalue weighted by Crippen LogP contribution is 2.32. The van der Waals surface area contributed by atoms with Crippen LogP contribution >= 0.6 is 0 Å². The summed E-state index contributed by atoms with van der Waals surface area (Å²) in [7, 11) is 2.11. The van der Waals surface area contributed by atoms with Gasteiger partial charge in [-0.25, -0.2) is 0 Å². The van der Waals surface area contributed by atoms with Crippen LogP contribution in [0.1, 0.15) is 100 Å². The molecule has 4 heterocycles. The number of carbonyl (C=O) groups is 3. The van der Waals surface area contributed by atoms with E-state index >= 15 is 0 Å². The molecule has 55 heavy (non-hydrogen) atoms. The molecule has 8 rings (SSSR count). The van der Waals surface area contributed by atoms with Crippen LogP contribution < -0.4 is 25.7 Å². The molecule has 3 N–H and O–H groups in total. The predicted octanol–water partition coefficient (Wildman–Crippen LogP) is 6.57. The first-order valence-electron chi connectivity index (χ1n) is 19.6. The molecule has 4 aliphatic rings. The number of nitrogens with one attached hydrogen (secondary N) is 3. The minimum absolute atomic E-state index is 0.0976. The van der Waals surface area contributed by atoms with Crippen molar-refractivity contribution in [2.75, 3.05) is 38.7 Å². The number of H-pyrrole nitrogens is 1. The molecular formula is C42H56N6O7. The maximum Gasteiger partial charge on any atom is 0.271 e. The third kappa shape index (κ3) is 13.4. The molecule has 13 nitrogen and oxygen atoms in total. The average molecular weight is 757 g/mol. The lowest BCUT2D eigenvalue weighted by Gasteiger charge is -2.21. The zero-order chi connectivity index (χ0) is 39.2. The average Bonchev–Trinajstić information content (AvgIpc) is 4.01. The van der Waals surface area contributed by atoms with E-state index in [1.165, 1.54) is 44.7 Å². The van der Waals surface area contributed by atoms with Gasteiger partial charge >= 0.3 is 0 Å². The number of imide groups is 1. The van der Waals surface area contributed by atoms with Crippen molar-refractivity contribution in [1.29, 1.82) is 0 Å². The molecule has 0 radical (unpaired) electrons. The first-order valence-corrected chi connectivity index (χ1v) is 19.6. The Labute approximate surface area is 323 Å². The van der Waals surface area contributed by atoms with Crippen molar-refractivity contribution in [3.8, 4) is 11.5 Å². The highest BCUT2D eigenvalue weighted by molar-refractivity contribution is 6.08. The number of hydrogen-bond donors (Lipinski definition) is 3. The van der Waals surface area contributed by atoms with E-state index in [-0.39, 0.29) is 35.1 Å². The molecule has 1 atom stereocenters. The van der Waals surface area contributed by atoms with Crippen molar-refractivity contribution in [3.05, 3.63) is 82.4 Å². The SMILES string of the molecule is C1CC1.CC(C)Oc1cc2nn(C3CCCCC3)cc2cc1C(=O)Nc1ccc[nH]c1=O.CN1CCOCC1.Cc1ccc(OC2CCC(=O)NC2=O)cc1. The molecular weight excluding hydrogens is 700 g/mol. The number of fused-ring (bicyclic) bond motifs is 1. The van der Waals surface area contributed by atoms with Crippen LogP contribution in [-0.4, -0.2) is 82.9 Å². The fourth-order valence-electron chi connectivity index (χ4n) is 6.06. The molecule has 2 aromatic carbocycles. The number of carbonyl (C=O) groups excluding carboxylic acids is 3. The van der Waals surface area contributed by atoms with E-state index in [9.17, 15) is 19.2 Å². The van der Waals surface area contributed by atoms with Crippen LogP contribution in [0.3, 0.4) is 0 Å². The van der Waals surface area contributed by atoms with Gasteiger partial charge in [0.05, 0.1) is 36.4 Å². The number of hydrogen-bond acceptors (Lipinski definition) is 9. The number of aromatic nitrogens is 3. The highest BCUT2D eigenvalue weighted by Gasteiger charge is 2.28. The topological polar surface area (TPSA) is 157 Å². The summed E-state index contributed by atoms with van der Waals surface area (Å²) in [6.07, 6.45) is 14.2. The molecule has 2 saturated heterocycles. The van der Waals surface area contributed by atoms with Crippen LogP contribution in [0.25, 0.3) is 10.9 Å². The monoisotopic (exact) mass is 756 g/mol. The lowest BCUT2D eigenvalue weighted by molar-refractivity contribution is -0.138.